The van der Waals surface area contributed by atoms with Crippen LogP contribution in [0.5, 0.6) is 5.75 Å². The summed E-state index contributed by atoms with van der Waals surface area (Å²) in [7, 11) is -2.14. The number of carbonyl (C=O) groups is 1. The number of alkyl halides is 3. The molecular weight excluding hydrogens is 441 g/mol. The van der Waals surface area contributed by atoms with E-state index in [1.807, 2.05) is 6.07 Å². The fraction of sp³-hybridized carbons (Fsp3) is 0.368. The minimum absolute atomic E-state index is 0.202. The Morgan fingerprint density at radius 3 is 2.35 bits per heavy atom. The molecule has 1 fully saturated rings. The fourth-order valence-electron chi connectivity index (χ4n) is 2.99. The van der Waals surface area contributed by atoms with Crippen LogP contribution in [0, 0.1) is 0 Å². The number of benzene rings is 1. The highest BCUT2D eigenvalue weighted by molar-refractivity contribution is 7.89. The number of sulfonamides is 1. The summed E-state index contributed by atoms with van der Waals surface area (Å²) >= 11 is 0. The van der Waals surface area contributed by atoms with Crippen molar-refractivity contribution in [3.8, 4) is 5.75 Å². The summed E-state index contributed by atoms with van der Waals surface area (Å²) in [4.78, 5) is 13.2. The first-order valence-corrected chi connectivity index (χ1v) is 10.4. The number of rotatable bonds is 5. The second kappa shape index (κ2) is 10.1. The first kappa shape index (κ1) is 24.6. The van der Waals surface area contributed by atoms with E-state index in [2.05, 4.69) is 4.98 Å². The van der Waals surface area contributed by atoms with E-state index in [0.29, 0.717) is 25.1 Å². The van der Waals surface area contributed by atoms with Gasteiger partial charge in [-0.3, -0.25) is 4.98 Å². The highest BCUT2D eigenvalue weighted by Crippen LogP contribution is 2.29. The predicted octanol–water partition coefficient (Wildman–Crippen LogP) is 2.09. The Labute approximate surface area is 177 Å². The van der Waals surface area contributed by atoms with Crippen LogP contribution in [-0.4, -0.2) is 65.9 Å². The molecule has 0 spiro atoms. The van der Waals surface area contributed by atoms with Crippen LogP contribution in [0.3, 0.4) is 0 Å². The Morgan fingerprint density at radius 2 is 1.87 bits per heavy atom. The molecule has 1 aliphatic heterocycles. The van der Waals surface area contributed by atoms with Crippen molar-refractivity contribution in [1.82, 2.24) is 9.29 Å². The number of hydrogen-bond acceptors (Lipinski definition) is 6. The van der Waals surface area contributed by atoms with Gasteiger partial charge >= 0.3 is 12.1 Å². The summed E-state index contributed by atoms with van der Waals surface area (Å²) in [6, 6.07) is 9.50. The first-order chi connectivity index (χ1) is 14.5. The molecule has 8 nitrogen and oxygen atoms in total. The molecule has 0 bridgehead atoms. The van der Waals surface area contributed by atoms with Crippen molar-refractivity contribution in [2.24, 2.45) is 0 Å². The van der Waals surface area contributed by atoms with Gasteiger partial charge in [-0.15, -0.1) is 0 Å². The molecule has 170 valence electrons. The van der Waals surface area contributed by atoms with Gasteiger partial charge in [-0.2, -0.15) is 17.5 Å². The third kappa shape index (κ3) is 6.39. The standard InChI is InChI=1S/C17H20N2O4S.C2HF3O2/c1-23-14-4-6-15(7-5-14)24(21,22)19-10-8-17(20)16(19)11-13-3-2-9-18-12-13;3-2(4,5)1(6)7/h2-7,9,12,16-17,20H,8,10-11H2,1H3;(H,6,7)/t16-,17-;/m0./s1. The van der Waals surface area contributed by atoms with Crippen molar-refractivity contribution in [2.75, 3.05) is 13.7 Å². The summed E-state index contributed by atoms with van der Waals surface area (Å²) in [6.45, 7) is 0.306. The van der Waals surface area contributed by atoms with Crippen molar-refractivity contribution < 1.29 is 41.3 Å². The van der Waals surface area contributed by atoms with Gasteiger partial charge in [0.2, 0.25) is 10.0 Å². The number of halogens is 3. The van der Waals surface area contributed by atoms with Gasteiger partial charge in [0.25, 0.3) is 0 Å². The van der Waals surface area contributed by atoms with Crippen molar-refractivity contribution in [2.45, 2.75) is 36.1 Å². The largest absolute Gasteiger partial charge is 0.497 e. The molecule has 1 saturated heterocycles. The van der Waals surface area contributed by atoms with Gasteiger partial charge in [0.15, 0.2) is 0 Å². The second-order valence-electron chi connectivity index (χ2n) is 6.58. The quantitative estimate of drug-likeness (QED) is 0.699. The highest BCUT2D eigenvalue weighted by Gasteiger charge is 2.41. The van der Waals surface area contributed by atoms with Crippen LogP contribution in [0.4, 0.5) is 13.2 Å². The topological polar surface area (TPSA) is 117 Å². The number of aliphatic carboxylic acids is 1. The normalized spacial score (nSPS) is 19.4. The molecule has 2 aromatic rings. The Kier molecular flexibility index (Phi) is 7.98. The Hall–Kier alpha value is -2.70. The maximum atomic E-state index is 12.9. The lowest BCUT2D eigenvalue weighted by molar-refractivity contribution is -0.192. The summed E-state index contributed by atoms with van der Waals surface area (Å²) in [5.74, 6) is -2.16. The monoisotopic (exact) mass is 462 g/mol. The van der Waals surface area contributed by atoms with Gasteiger partial charge in [0.1, 0.15) is 5.75 Å². The summed E-state index contributed by atoms with van der Waals surface area (Å²) < 4.78 is 64.1. The van der Waals surface area contributed by atoms with Crippen LogP contribution in [-0.2, 0) is 21.2 Å². The van der Waals surface area contributed by atoms with E-state index in [-0.39, 0.29) is 4.90 Å². The molecule has 0 aliphatic carbocycles. The average molecular weight is 462 g/mol. The highest BCUT2D eigenvalue weighted by atomic mass is 32.2. The van der Waals surface area contributed by atoms with Gasteiger partial charge < -0.3 is 14.9 Å². The molecule has 0 saturated carbocycles. The van der Waals surface area contributed by atoms with E-state index in [0.717, 1.165) is 5.56 Å². The molecule has 0 amide bonds. The molecule has 3 rings (SSSR count). The number of ether oxygens (including phenoxy) is 1. The van der Waals surface area contributed by atoms with E-state index >= 15 is 0 Å². The number of nitrogens with zero attached hydrogens (tertiary/aromatic N) is 2. The predicted molar refractivity (Wildman–Crippen MR) is 103 cm³/mol. The van der Waals surface area contributed by atoms with E-state index in [4.69, 9.17) is 14.6 Å². The first-order valence-electron chi connectivity index (χ1n) is 8.99. The molecule has 0 unspecified atom stereocenters. The number of aliphatic hydroxyl groups is 1. The minimum atomic E-state index is -5.08. The van der Waals surface area contributed by atoms with Gasteiger partial charge in [-0.1, -0.05) is 6.07 Å². The molecular formula is C19H21F3N2O6S. The van der Waals surface area contributed by atoms with Gasteiger partial charge in [0, 0.05) is 18.9 Å². The van der Waals surface area contributed by atoms with Crippen molar-refractivity contribution >= 4 is 16.0 Å². The lowest BCUT2D eigenvalue weighted by Crippen LogP contribution is -2.41. The molecule has 2 N–H and O–H groups in total. The number of aromatic nitrogens is 1. The third-order valence-corrected chi connectivity index (χ3v) is 6.47. The van der Waals surface area contributed by atoms with E-state index in [1.165, 1.54) is 23.5 Å². The lowest BCUT2D eigenvalue weighted by Gasteiger charge is -2.25. The number of carboxylic acid groups (broad SMARTS) is 1. The maximum Gasteiger partial charge on any atom is 0.490 e. The third-order valence-electron chi connectivity index (χ3n) is 4.54. The average Bonchev–Trinajstić information content (AvgIpc) is 3.09. The Morgan fingerprint density at radius 1 is 1.26 bits per heavy atom. The van der Waals surface area contributed by atoms with Crippen molar-refractivity contribution in [3.05, 3.63) is 54.4 Å². The molecule has 0 radical (unpaired) electrons. The molecule has 1 aliphatic rings. The smallest absolute Gasteiger partial charge is 0.490 e. The van der Waals surface area contributed by atoms with Crippen molar-refractivity contribution in [3.63, 3.8) is 0 Å². The molecule has 12 heteroatoms. The second-order valence-corrected chi connectivity index (χ2v) is 8.47. The zero-order chi connectivity index (χ0) is 23.2. The van der Waals surface area contributed by atoms with Crippen LogP contribution < -0.4 is 4.74 Å². The number of methoxy groups -OCH3 is 1. The Bertz CT molecular complexity index is 968. The zero-order valence-corrected chi connectivity index (χ0v) is 17.2. The molecule has 2 heterocycles. The number of hydrogen-bond donors (Lipinski definition) is 2. The SMILES string of the molecule is COc1ccc(S(=O)(=O)N2CC[C@H](O)[C@@H]2Cc2cccnc2)cc1.O=C(O)C(F)(F)F. The number of pyridine rings is 1. The summed E-state index contributed by atoms with van der Waals surface area (Å²) in [5, 5.41) is 17.4. The van der Waals surface area contributed by atoms with Crippen LogP contribution in [0.1, 0.15) is 12.0 Å². The summed E-state index contributed by atoms with van der Waals surface area (Å²) in [5.41, 5.74) is 0.901. The number of aliphatic hydroxyl groups excluding tert-OH is 1. The molecule has 2 atom stereocenters. The molecule has 1 aromatic heterocycles. The fourth-order valence-corrected chi connectivity index (χ4v) is 4.66. The summed E-state index contributed by atoms with van der Waals surface area (Å²) in [6.07, 6.45) is -1.54. The maximum absolute atomic E-state index is 12.9. The minimum Gasteiger partial charge on any atom is -0.497 e. The molecule has 1 aromatic carbocycles. The van der Waals surface area contributed by atoms with E-state index in [1.54, 1.807) is 30.6 Å². The van der Waals surface area contributed by atoms with Gasteiger partial charge in [-0.25, -0.2) is 13.2 Å². The van der Waals surface area contributed by atoms with Crippen LogP contribution in [0.2, 0.25) is 0 Å². The zero-order valence-electron chi connectivity index (χ0n) is 16.4. The Balaban J connectivity index is 0.000000423. The lowest BCUT2D eigenvalue weighted by atomic mass is 10.0. The van der Waals surface area contributed by atoms with Gasteiger partial charge in [-0.05, 0) is 48.7 Å². The van der Waals surface area contributed by atoms with E-state index in [9.17, 15) is 26.7 Å². The van der Waals surface area contributed by atoms with Crippen LogP contribution in [0.25, 0.3) is 0 Å². The van der Waals surface area contributed by atoms with Crippen LogP contribution >= 0.6 is 0 Å². The van der Waals surface area contributed by atoms with Crippen molar-refractivity contribution in [1.29, 1.82) is 0 Å². The van der Waals surface area contributed by atoms with E-state index < -0.39 is 34.3 Å². The molecule has 31 heavy (non-hydrogen) atoms. The van der Waals surface area contributed by atoms with Gasteiger partial charge in [0.05, 0.1) is 24.2 Å². The van der Waals surface area contributed by atoms with Crippen LogP contribution in [0.15, 0.2) is 53.7 Å². The number of carboxylic acids is 1.